The van der Waals surface area contributed by atoms with Gasteiger partial charge in [-0.1, -0.05) is 24.3 Å². The maximum absolute atomic E-state index is 10.2. The van der Waals surface area contributed by atoms with E-state index in [0.29, 0.717) is 13.1 Å². The minimum Gasteiger partial charge on any atom is -0.385 e. The fourth-order valence-electron chi connectivity index (χ4n) is 2.72. The summed E-state index contributed by atoms with van der Waals surface area (Å²) >= 11 is 0. The zero-order valence-corrected chi connectivity index (χ0v) is 15.2. The van der Waals surface area contributed by atoms with Crippen LogP contribution in [0.5, 0.6) is 0 Å². The molecule has 0 aliphatic rings. The molecule has 0 radical (unpaired) electrons. The molecule has 3 aromatic rings. The Morgan fingerprint density at radius 2 is 1.73 bits per heavy atom. The number of aliphatic hydroxyl groups excluding tert-OH is 1. The molecule has 2 aromatic heterocycles. The molecule has 134 valence electrons. The molecule has 0 aliphatic carbocycles. The van der Waals surface area contributed by atoms with E-state index in [2.05, 4.69) is 58.4 Å². The van der Waals surface area contributed by atoms with Crippen LogP contribution in [0.1, 0.15) is 11.1 Å². The summed E-state index contributed by atoms with van der Waals surface area (Å²) in [6, 6.07) is 12.5. The van der Waals surface area contributed by atoms with E-state index in [0.717, 1.165) is 5.56 Å². The van der Waals surface area contributed by atoms with Gasteiger partial charge < -0.3 is 14.6 Å². The van der Waals surface area contributed by atoms with Crippen LogP contribution in [0, 0.1) is 0 Å². The lowest BCUT2D eigenvalue weighted by molar-refractivity contribution is -0.703. The van der Waals surface area contributed by atoms with Crippen molar-refractivity contribution in [3.63, 3.8) is 0 Å². The Morgan fingerprint density at radius 3 is 2.31 bits per heavy atom. The first-order chi connectivity index (χ1) is 12.6. The van der Waals surface area contributed by atoms with Gasteiger partial charge in [0.25, 0.3) is 0 Å². The summed E-state index contributed by atoms with van der Waals surface area (Å²) in [6.07, 6.45) is 13.0. The monoisotopic (exact) mass is 349 g/mol. The number of imidazole rings is 1. The molecule has 26 heavy (non-hydrogen) atoms. The van der Waals surface area contributed by atoms with Gasteiger partial charge in [0, 0.05) is 44.3 Å². The Bertz CT molecular complexity index is 821. The van der Waals surface area contributed by atoms with Crippen LogP contribution in [0.25, 0.3) is 12.2 Å². The van der Waals surface area contributed by atoms with Crippen LogP contribution >= 0.6 is 0 Å². The van der Waals surface area contributed by atoms with Crippen molar-refractivity contribution in [1.29, 1.82) is 0 Å². The molecule has 3 rings (SSSR count). The molecule has 5 heteroatoms. The highest BCUT2D eigenvalue weighted by Gasteiger charge is 2.11. The first kappa shape index (κ1) is 17.9. The highest BCUT2D eigenvalue weighted by Crippen LogP contribution is 2.14. The quantitative estimate of drug-likeness (QED) is 0.667. The molecule has 0 amide bonds. The van der Waals surface area contributed by atoms with E-state index in [1.54, 1.807) is 12.5 Å². The van der Waals surface area contributed by atoms with Crippen LogP contribution in [0.3, 0.4) is 0 Å². The summed E-state index contributed by atoms with van der Waals surface area (Å²) in [5.41, 5.74) is 3.49. The molecule has 1 aromatic carbocycles. The molecule has 5 nitrogen and oxygen atoms in total. The maximum Gasteiger partial charge on any atom is 0.175 e. The molecule has 1 atom stereocenters. The van der Waals surface area contributed by atoms with E-state index in [1.807, 2.05) is 41.8 Å². The average molecular weight is 349 g/mol. The number of anilines is 1. The van der Waals surface area contributed by atoms with Crippen molar-refractivity contribution in [2.45, 2.75) is 19.2 Å². The van der Waals surface area contributed by atoms with E-state index >= 15 is 0 Å². The zero-order valence-electron chi connectivity index (χ0n) is 15.2. The molecule has 0 saturated heterocycles. The fourth-order valence-corrected chi connectivity index (χ4v) is 2.72. The van der Waals surface area contributed by atoms with Crippen molar-refractivity contribution < 1.29 is 9.67 Å². The van der Waals surface area contributed by atoms with Gasteiger partial charge in [-0.2, -0.15) is 0 Å². The molecule has 0 saturated carbocycles. The van der Waals surface area contributed by atoms with E-state index in [9.17, 15) is 5.11 Å². The van der Waals surface area contributed by atoms with Gasteiger partial charge >= 0.3 is 0 Å². The number of benzene rings is 1. The lowest BCUT2D eigenvalue weighted by Gasteiger charge is -2.11. The lowest BCUT2D eigenvalue weighted by Crippen LogP contribution is -2.40. The first-order valence-corrected chi connectivity index (χ1v) is 8.68. The van der Waals surface area contributed by atoms with Gasteiger partial charge in [0.2, 0.25) is 0 Å². The number of hydrogen-bond acceptors (Lipinski definition) is 3. The first-order valence-electron chi connectivity index (χ1n) is 8.68. The molecule has 0 fully saturated rings. The predicted molar refractivity (Wildman–Crippen MR) is 105 cm³/mol. The summed E-state index contributed by atoms with van der Waals surface area (Å²) in [5.74, 6) is 0. The molecule has 2 heterocycles. The zero-order chi connectivity index (χ0) is 18.4. The second-order valence-electron chi connectivity index (χ2n) is 6.56. The highest BCUT2D eigenvalue weighted by atomic mass is 16.3. The Labute approximate surface area is 154 Å². The second kappa shape index (κ2) is 8.45. The summed E-state index contributed by atoms with van der Waals surface area (Å²) < 4.78 is 3.87. The van der Waals surface area contributed by atoms with Crippen LogP contribution in [-0.2, 0) is 13.1 Å². The van der Waals surface area contributed by atoms with Crippen LogP contribution in [-0.4, -0.2) is 34.9 Å². The number of pyridine rings is 1. The standard InChI is InChI=1S/C21H25N4O/c1-23(2)20-7-5-18(6-8-20)3-4-19-9-12-24(13-10-19)15-21(26)16-25-14-11-22-17-25/h3-14,17,21,26H,15-16H2,1-2H3/q+1. The number of aliphatic hydroxyl groups is 1. The number of nitrogens with zero attached hydrogens (tertiary/aromatic N) is 4. The van der Waals surface area contributed by atoms with Gasteiger partial charge in [0.15, 0.2) is 18.9 Å². The Morgan fingerprint density at radius 1 is 1.08 bits per heavy atom. The smallest absolute Gasteiger partial charge is 0.175 e. The minimum absolute atomic E-state index is 0.453. The molecule has 1 N–H and O–H groups in total. The predicted octanol–water partition coefficient (Wildman–Crippen LogP) is 2.47. The van der Waals surface area contributed by atoms with Crippen LogP contribution in [0.4, 0.5) is 5.69 Å². The second-order valence-corrected chi connectivity index (χ2v) is 6.56. The van der Waals surface area contributed by atoms with Gasteiger partial charge in [0.05, 0.1) is 12.9 Å². The van der Waals surface area contributed by atoms with Crippen LogP contribution < -0.4 is 9.47 Å². The molecular formula is C21H25N4O+. The van der Waals surface area contributed by atoms with Crippen molar-refractivity contribution in [1.82, 2.24) is 9.55 Å². The summed E-state index contributed by atoms with van der Waals surface area (Å²) in [5, 5.41) is 10.2. The van der Waals surface area contributed by atoms with Crippen molar-refractivity contribution in [3.05, 3.63) is 78.6 Å². The molecule has 0 aliphatic heterocycles. The van der Waals surface area contributed by atoms with Crippen molar-refractivity contribution in [2.24, 2.45) is 0 Å². The number of aromatic nitrogens is 3. The summed E-state index contributed by atoms with van der Waals surface area (Å²) in [4.78, 5) is 6.08. The van der Waals surface area contributed by atoms with Gasteiger partial charge in [-0.15, -0.1) is 0 Å². The van der Waals surface area contributed by atoms with Gasteiger partial charge in [-0.3, -0.25) is 0 Å². The highest BCUT2D eigenvalue weighted by molar-refractivity contribution is 5.70. The van der Waals surface area contributed by atoms with Crippen molar-refractivity contribution in [3.8, 4) is 0 Å². The third kappa shape index (κ3) is 5.04. The topological polar surface area (TPSA) is 45.2 Å². The molecule has 0 spiro atoms. The van der Waals surface area contributed by atoms with Gasteiger partial charge in [-0.25, -0.2) is 9.55 Å². The van der Waals surface area contributed by atoms with Gasteiger partial charge in [0.1, 0.15) is 6.10 Å². The van der Waals surface area contributed by atoms with E-state index in [-0.39, 0.29) is 0 Å². The third-order valence-corrected chi connectivity index (χ3v) is 4.20. The largest absolute Gasteiger partial charge is 0.385 e. The maximum atomic E-state index is 10.2. The third-order valence-electron chi connectivity index (χ3n) is 4.20. The molecule has 1 unspecified atom stereocenters. The van der Waals surface area contributed by atoms with E-state index in [1.165, 1.54) is 11.3 Å². The van der Waals surface area contributed by atoms with E-state index < -0.39 is 6.10 Å². The number of hydrogen-bond donors (Lipinski definition) is 1. The van der Waals surface area contributed by atoms with Crippen molar-refractivity contribution >= 4 is 17.8 Å². The Balaban J connectivity index is 1.56. The summed E-state index contributed by atoms with van der Waals surface area (Å²) in [6.45, 7) is 1.09. The SMILES string of the molecule is CN(C)c1ccc(C=Cc2cc[n+](CC(O)Cn3ccnc3)cc2)cc1. The molecule has 0 bridgehead atoms. The Kier molecular flexibility index (Phi) is 5.81. The average Bonchev–Trinajstić information content (AvgIpc) is 3.14. The lowest BCUT2D eigenvalue weighted by atomic mass is 10.1. The summed E-state index contributed by atoms with van der Waals surface area (Å²) in [7, 11) is 4.08. The molecular weight excluding hydrogens is 324 g/mol. The van der Waals surface area contributed by atoms with E-state index in [4.69, 9.17) is 0 Å². The minimum atomic E-state index is -0.453. The van der Waals surface area contributed by atoms with Crippen LogP contribution in [0.2, 0.25) is 0 Å². The normalized spacial score (nSPS) is 12.4. The number of rotatable bonds is 7. The fraction of sp³-hybridized carbons (Fsp3) is 0.238. The Hall–Kier alpha value is -2.92. The van der Waals surface area contributed by atoms with Crippen LogP contribution in [0.15, 0.2) is 67.5 Å². The van der Waals surface area contributed by atoms with Gasteiger partial charge in [-0.05, 0) is 23.3 Å². The van der Waals surface area contributed by atoms with Crippen molar-refractivity contribution in [2.75, 3.05) is 19.0 Å².